The van der Waals surface area contributed by atoms with Crippen LogP contribution in [0.3, 0.4) is 0 Å². The highest BCUT2D eigenvalue weighted by atomic mass is 16.2. The SMILES string of the molecule is CCn1nc(C)c(/C=N\NC(=O)NC23CC4CC(CC(C4)C2)C3)c1C. The summed E-state index contributed by atoms with van der Waals surface area (Å²) in [5.41, 5.74) is 5.69. The molecule has 1 heterocycles. The second-order valence-corrected chi connectivity index (χ2v) is 8.42. The lowest BCUT2D eigenvalue weighted by atomic mass is 9.53. The maximum absolute atomic E-state index is 12.4. The standard InChI is InChI=1S/C19H29N5O/c1-4-24-13(3)17(12(2)23-24)11-20-22-18(25)21-19-8-14-5-15(9-19)7-16(6-14)10-19/h11,14-16H,4-10H2,1-3H3,(H2,21,22,25)/b20-11-. The van der Waals surface area contributed by atoms with Gasteiger partial charge >= 0.3 is 6.03 Å². The van der Waals surface area contributed by atoms with Gasteiger partial charge in [0.1, 0.15) is 0 Å². The Morgan fingerprint density at radius 3 is 2.36 bits per heavy atom. The monoisotopic (exact) mass is 343 g/mol. The molecular weight excluding hydrogens is 314 g/mol. The van der Waals surface area contributed by atoms with Crippen LogP contribution in [-0.4, -0.2) is 27.6 Å². The number of aromatic nitrogens is 2. The average Bonchev–Trinajstić information content (AvgIpc) is 2.80. The van der Waals surface area contributed by atoms with Gasteiger partial charge in [-0.2, -0.15) is 10.2 Å². The second kappa shape index (κ2) is 6.15. The van der Waals surface area contributed by atoms with Crippen molar-refractivity contribution in [3.8, 4) is 0 Å². The van der Waals surface area contributed by atoms with Crippen molar-refractivity contribution in [2.75, 3.05) is 0 Å². The number of hydrazone groups is 1. The fourth-order valence-electron chi connectivity index (χ4n) is 5.89. The van der Waals surface area contributed by atoms with E-state index in [4.69, 9.17) is 0 Å². The van der Waals surface area contributed by atoms with Crippen LogP contribution < -0.4 is 10.7 Å². The van der Waals surface area contributed by atoms with Gasteiger partial charge in [-0.3, -0.25) is 4.68 Å². The summed E-state index contributed by atoms with van der Waals surface area (Å²) in [5.74, 6) is 2.46. The summed E-state index contributed by atoms with van der Waals surface area (Å²) in [6.45, 7) is 6.90. The summed E-state index contributed by atoms with van der Waals surface area (Å²) in [4.78, 5) is 12.4. The first-order valence-electron chi connectivity index (χ1n) is 9.63. The Bertz CT molecular complexity index is 670. The molecule has 0 spiro atoms. The van der Waals surface area contributed by atoms with Crippen LogP contribution in [0.15, 0.2) is 5.10 Å². The van der Waals surface area contributed by atoms with E-state index < -0.39 is 0 Å². The van der Waals surface area contributed by atoms with Gasteiger partial charge in [-0.25, -0.2) is 10.2 Å². The molecule has 4 aliphatic carbocycles. The van der Waals surface area contributed by atoms with Crippen molar-refractivity contribution in [1.82, 2.24) is 20.5 Å². The number of aryl methyl sites for hydroxylation is 2. The molecular formula is C19H29N5O. The highest BCUT2D eigenvalue weighted by Gasteiger charge is 2.51. The Labute approximate surface area is 149 Å². The fraction of sp³-hybridized carbons (Fsp3) is 0.737. The predicted octanol–water partition coefficient (Wildman–Crippen LogP) is 3.12. The van der Waals surface area contributed by atoms with Crippen LogP contribution in [0, 0.1) is 31.6 Å². The van der Waals surface area contributed by atoms with Crippen molar-refractivity contribution < 1.29 is 4.79 Å². The van der Waals surface area contributed by atoms with Gasteiger partial charge in [-0.1, -0.05) is 0 Å². The van der Waals surface area contributed by atoms with E-state index in [-0.39, 0.29) is 11.6 Å². The first kappa shape index (κ1) is 16.6. The van der Waals surface area contributed by atoms with Crippen LogP contribution >= 0.6 is 0 Å². The van der Waals surface area contributed by atoms with Crippen LogP contribution in [-0.2, 0) is 6.54 Å². The van der Waals surface area contributed by atoms with Gasteiger partial charge in [-0.15, -0.1) is 0 Å². The Morgan fingerprint density at radius 1 is 1.24 bits per heavy atom. The summed E-state index contributed by atoms with van der Waals surface area (Å²) in [7, 11) is 0. The van der Waals surface area contributed by atoms with Gasteiger partial charge < -0.3 is 5.32 Å². The molecule has 0 aromatic carbocycles. The van der Waals surface area contributed by atoms with E-state index in [9.17, 15) is 4.79 Å². The molecule has 4 aliphatic rings. The number of carbonyl (C=O) groups excluding carboxylic acids is 1. The highest BCUT2D eigenvalue weighted by Crippen LogP contribution is 2.55. The van der Waals surface area contributed by atoms with Crippen LogP contribution in [0.1, 0.15) is 62.4 Å². The summed E-state index contributed by atoms with van der Waals surface area (Å²) >= 11 is 0. The topological polar surface area (TPSA) is 71.3 Å². The molecule has 6 heteroatoms. The molecule has 0 radical (unpaired) electrons. The van der Waals surface area contributed by atoms with Crippen LogP contribution in [0.4, 0.5) is 4.79 Å². The molecule has 6 nitrogen and oxygen atoms in total. The van der Waals surface area contributed by atoms with Crippen molar-refractivity contribution in [3.63, 3.8) is 0 Å². The number of urea groups is 1. The zero-order valence-electron chi connectivity index (χ0n) is 15.5. The number of rotatable bonds is 4. The number of nitrogens with zero attached hydrogens (tertiary/aromatic N) is 3. The average molecular weight is 343 g/mol. The van der Waals surface area contributed by atoms with Crippen molar-refractivity contribution in [3.05, 3.63) is 17.0 Å². The molecule has 0 aliphatic heterocycles. The first-order valence-corrected chi connectivity index (χ1v) is 9.63. The third kappa shape index (κ3) is 3.07. The molecule has 4 bridgehead atoms. The van der Waals surface area contributed by atoms with E-state index in [1.54, 1.807) is 6.21 Å². The Kier molecular flexibility index (Phi) is 4.08. The van der Waals surface area contributed by atoms with Crippen molar-refractivity contribution in [1.29, 1.82) is 0 Å². The zero-order valence-corrected chi connectivity index (χ0v) is 15.5. The normalized spacial score (nSPS) is 33.2. The number of amides is 2. The van der Waals surface area contributed by atoms with Crippen LogP contribution in [0.5, 0.6) is 0 Å². The molecule has 1 aromatic heterocycles. The third-order valence-corrected chi connectivity index (χ3v) is 6.51. The molecule has 0 saturated heterocycles. The summed E-state index contributed by atoms with van der Waals surface area (Å²) in [6.07, 6.45) is 9.29. The fourth-order valence-corrected chi connectivity index (χ4v) is 5.89. The summed E-state index contributed by atoms with van der Waals surface area (Å²) < 4.78 is 1.95. The molecule has 2 N–H and O–H groups in total. The molecule has 25 heavy (non-hydrogen) atoms. The van der Waals surface area contributed by atoms with Crippen molar-refractivity contribution >= 4 is 12.2 Å². The van der Waals surface area contributed by atoms with Crippen LogP contribution in [0.2, 0.25) is 0 Å². The van der Waals surface area contributed by atoms with Crippen LogP contribution in [0.25, 0.3) is 0 Å². The minimum Gasteiger partial charge on any atom is -0.331 e. The quantitative estimate of drug-likeness (QED) is 0.651. The minimum absolute atomic E-state index is 0.0211. The van der Waals surface area contributed by atoms with Gasteiger partial charge in [0.25, 0.3) is 0 Å². The number of hydrogen-bond donors (Lipinski definition) is 2. The highest BCUT2D eigenvalue weighted by molar-refractivity contribution is 5.84. The van der Waals surface area contributed by atoms with Gasteiger partial charge in [0.15, 0.2) is 0 Å². The third-order valence-electron chi connectivity index (χ3n) is 6.51. The zero-order chi connectivity index (χ0) is 17.6. The van der Waals surface area contributed by atoms with Gasteiger partial charge in [0.2, 0.25) is 0 Å². The van der Waals surface area contributed by atoms with E-state index in [1.807, 2.05) is 18.5 Å². The van der Waals surface area contributed by atoms with E-state index in [1.165, 1.54) is 19.3 Å². The summed E-state index contributed by atoms with van der Waals surface area (Å²) in [6, 6.07) is -0.170. The second-order valence-electron chi connectivity index (χ2n) is 8.42. The van der Waals surface area contributed by atoms with E-state index >= 15 is 0 Å². The lowest BCUT2D eigenvalue weighted by Gasteiger charge is -2.56. The molecule has 136 valence electrons. The van der Waals surface area contributed by atoms with Gasteiger partial charge in [0.05, 0.1) is 11.9 Å². The van der Waals surface area contributed by atoms with Gasteiger partial charge in [0, 0.05) is 23.3 Å². The number of nitrogens with one attached hydrogen (secondary N) is 2. The lowest BCUT2D eigenvalue weighted by molar-refractivity contribution is -0.0135. The summed E-state index contributed by atoms with van der Waals surface area (Å²) in [5, 5.41) is 11.9. The molecule has 1 aromatic rings. The minimum atomic E-state index is -0.170. The maximum Gasteiger partial charge on any atom is 0.335 e. The van der Waals surface area contributed by atoms with Crippen molar-refractivity contribution in [2.24, 2.45) is 22.9 Å². The van der Waals surface area contributed by atoms with E-state index in [0.29, 0.717) is 0 Å². The van der Waals surface area contributed by atoms with E-state index in [2.05, 4.69) is 27.9 Å². The number of hydrogen-bond acceptors (Lipinski definition) is 3. The Balaban J connectivity index is 1.38. The number of carbonyl (C=O) groups is 1. The Morgan fingerprint density at radius 2 is 1.84 bits per heavy atom. The largest absolute Gasteiger partial charge is 0.335 e. The first-order chi connectivity index (χ1) is 12.0. The smallest absolute Gasteiger partial charge is 0.331 e. The molecule has 0 atom stereocenters. The Hall–Kier alpha value is -1.85. The lowest BCUT2D eigenvalue weighted by Crippen LogP contribution is -2.61. The molecule has 0 unspecified atom stereocenters. The van der Waals surface area contributed by atoms with Gasteiger partial charge in [-0.05, 0) is 77.0 Å². The van der Waals surface area contributed by atoms with Crippen molar-refractivity contribution in [2.45, 2.75) is 71.4 Å². The molecule has 4 saturated carbocycles. The molecule has 2 amide bonds. The maximum atomic E-state index is 12.4. The predicted molar refractivity (Wildman–Crippen MR) is 97.5 cm³/mol. The van der Waals surface area contributed by atoms with E-state index in [0.717, 1.165) is 60.5 Å². The molecule has 4 fully saturated rings. The molecule has 5 rings (SSSR count).